The number of aryl methyl sites for hydroxylation is 1. The maximum absolute atomic E-state index is 11.4. The first-order chi connectivity index (χ1) is 10.1. The average Bonchev–Trinajstić information content (AvgIpc) is 2.46. The van der Waals surface area contributed by atoms with Crippen LogP contribution in [-0.4, -0.2) is 17.7 Å². The molecule has 110 valence electrons. The molecular weight excluding hydrogens is 288 g/mol. The highest BCUT2D eigenvalue weighted by atomic mass is 35.5. The van der Waals surface area contributed by atoms with Gasteiger partial charge in [-0.3, -0.25) is 4.79 Å². The third-order valence-electron chi connectivity index (χ3n) is 3.27. The molecule has 0 fully saturated rings. The van der Waals surface area contributed by atoms with Crippen molar-refractivity contribution < 1.29 is 14.6 Å². The summed E-state index contributed by atoms with van der Waals surface area (Å²) in [6, 6.07) is 14.6. The Hall–Kier alpha value is -2.00. The van der Waals surface area contributed by atoms with Crippen molar-refractivity contribution >= 4 is 17.6 Å². The molecule has 2 aromatic rings. The summed E-state index contributed by atoms with van der Waals surface area (Å²) in [6.07, 6.45) is 0.418. The van der Waals surface area contributed by atoms with Gasteiger partial charge in [-0.05, 0) is 43.2 Å². The molecule has 0 saturated heterocycles. The van der Waals surface area contributed by atoms with Gasteiger partial charge in [-0.25, -0.2) is 0 Å². The van der Waals surface area contributed by atoms with Crippen LogP contribution in [0.1, 0.15) is 23.5 Å². The van der Waals surface area contributed by atoms with Gasteiger partial charge in [0.25, 0.3) is 0 Å². The molecule has 0 radical (unpaired) electrons. The fourth-order valence-corrected chi connectivity index (χ4v) is 2.18. The molecule has 0 aliphatic carbocycles. The molecular formula is C17H17ClO3. The Kier molecular flexibility index (Phi) is 5.23. The molecule has 0 heterocycles. The lowest BCUT2D eigenvalue weighted by atomic mass is 9.95. The molecule has 0 amide bonds. The van der Waals surface area contributed by atoms with E-state index in [0.717, 1.165) is 11.1 Å². The van der Waals surface area contributed by atoms with E-state index in [-0.39, 0.29) is 0 Å². The minimum absolute atomic E-state index is 0.340. The van der Waals surface area contributed by atoms with Crippen LogP contribution in [-0.2, 0) is 4.79 Å². The van der Waals surface area contributed by atoms with Crippen molar-refractivity contribution in [3.63, 3.8) is 0 Å². The van der Waals surface area contributed by atoms with E-state index < -0.39 is 11.9 Å². The van der Waals surface area contributed by atoms with Gasteiger partial charge in [-0.1, -0.05) is 41.4 Å². The average molecular weight is 305 g/mol. The summed E-state index contributed by atoms with van der Waals surface area (Å²) in [4.78, 5) is 11.4. The number of halogens is 1. The smallest absolute Gasteiger partial charge is 0.311 e. The zero-order valence-electron chi connectivity index (χ0n) is 11.8. The van der Waals surface area contributed by atoms with E-state index in [1.165, 1.54) is 0 Å². The van der Waals surface area contributed by atoms with Crippen molar-refractivity contribution in [2.75, 3.05) is 6.61 Å². The van der Waals surface area contributed by atoms with Gasteiger partial charge in [0.15, 0.2) is 0 Å². The number of hydrogen-bond acceptors (Lipinski definition) is 2. The molecule has 2 rings (SSSR count). The van der Waals surface area contributed by atoms with Crippen molar-refractivity contribution in [2.24, 2.45) is 0 Å². The minimum atomic E-state index is -0.835. The van der Waals surface area contributed by atoms with Gasteiger partial charge in [0.1, 0.15) is 5.75 Å². The first-order valence-corrected chi connectivity index (χ1v) is 7.12. The van der Waals surface area contributed by atoms with Crippen LogP contribution in [0.5, 0.6) is 5.75 Å². The van der Waals surface area contributed by atoms with Crippen LogP contribution in [0.25, 0.3) is 0 Å². The van der Waals surface area contributed by atoms with E-state index in [9.17, 15) is 9.90 Å². The molecule has 1 atom stereocenters. The standard InChI is InChI=1S/C17H17ClO3/c1-12-2-4-13(5-3-12)16(17(19)20)10-11-21-15-8-6-14(18)7-9-15/h2-9,16H,10-11H2,1H3,(H,19,20). The third-order valence-corrected chi connectivity index (χ3v) is 3.52. The summed E-state index contributed by atoms with van der Waals surface area (Å²) in [7, 11) is 0. The lowest BCUT2D eigenvalue weighted by Gasteiger charge is -2.14. The molecule has 1 unspecified atom stereocenters. The molecule has 1 N–H and O–H groups in total. The summed E-state index contributed by atoms with van der Waals surface area (Å²) in [6.45, 7) is 2.32. The Balaban J connectivity index is 1.96. The molecule has 3 nitrogen and oxygen atoms in total. The van der Waals surface area contributed by atoms with Crippen molar-refractivity contribution in [2.45, 2.75) is 19.3 Å². The second-order valence-electron chi connectivity index (χ2n) is 4.89. The number of benzene rings is 2. The predicted octanol–water partition coefficient (Wildman–Crippen LogP) is 4.29. The number of hydrogen-bond donors (Lipinski definition) is 1. The van der Waals surface area contributed by atoms with Gasteiger partial charge in [-0.2, -0.15) is 0 Å². The van der Waals surface area contributed by atoms with Gasteiger partial charge in [0.2, 0.25) is 0 Å². The van der Waals surface area contributed by atoms with Crippen LogP contribution in [0.2, 0.25) is 5.02 Å². The van der Waals surface area contributed by atoms with Crippen molar-refractivity contribution in [3.05, 3.63) is 64.7 Å². The van der Waals surface area contributed by atoms with Crippen LogP contribution in [0.4, 0.5) is 0 Å². The molecule has 0 aliphatic rings. The fourth-order valence-electron chi connectivity index (χ4n) is 2.06. The van der Waals surface area contributed by atoms with Gasteiger partial charge < -0.3 is 9.84 Å². The van der Waals surface area contributed by atoms with Crippen LogP contribution < -0.4 is 4.74 Å². The Labute approximate surface area is 129 Å². The van der Waals surface area contributed by atoms with E-state index in [1.807, 2.05) is 31.2 Å². The Bertz CT molecular complexity index is 590. The van der Waals surface area contributed by atoms with Crippen molar-refractivity contribution in [1.82, 2.24) is 0 Å². The normalized spacial score (nSPS) is 11.9. The summed E-state index contributed by atoms with van der Waals surface area (Å²) in [5.74, 6) is -0.705. The van der Waals surface area contributed by atoms with Gasteiger partial charge in [0, 0.05) is 5.02 Å². The molecule has 2 aromatic carbocycles. The van der Waals surface area contributed by atoms with E-state index in [2.05, 4.69) is 0 Å². The maximum atomic E-state index is 11.4. The Morgan fingerprint density at radius 1 is 1.14 bits per heavy atom. The van der Waals surface area contributed by atoms with Crippen LogP contribution in [0.15, 0.2) is 48.5 Å². The highest BCUT2D eigenvalue weighted by Gasteiger charge is 2.19. The van der Waals surface area contributed by atoms with E-state index in [0.29, 0.717) is 23.8 Å². The lowest BCUT2D eigenvalue weighted by molar-refractivity contribution is -0.139. The highest BCUT2D eigenvalue weighted by Crippen LogP contribution is 2.22. The monoisotopic (exact) mass is 304 g/mol. The number of carboxylic acids is 1. The maximum Gasteiger partial charge on any atom is 0.311 e. The predicted molar refractivity (Wildman–Crippen MR) is 83.1 cm³/mol. The summed E-state index contributed by atoms with van der Waals surface area (Å²) in [5.41, 5.74) is 1.91. The number of rotatable bonds is 6. The molecule has 21 heavy (non-hydrogen) atoms. The molecule has 0 spiro atoms. The second kappa shape index (κ2) is 7.14. The lowest BCUT2D eigenvalue weighted by Crippen LogP contribution is -2.15. The van der Waals surface area contributed by atoms with Gasteiger partial charge in [0.05, 0.1) is 12.5 Å². The van der Waals surface area contributed by atoms with E-state index in [4.69, 9.17) is 16.3 Å². The van der Waals surface area contributed by atoms with Crippen LogP contribution in [0, 0.1) is 6.92 Å². The van der Waals surface area contributed by atoms with Crippen LogP contribution >= 0.6 is 11.6 Å². The summed E-state index contributed by atoms with van der Waals surface area (Å²) < 4.78 is 5.56. The zero-order chi connectivity index (χ0) is 15.2. The summed E-state index contributed by atoms with van der Waals surface area (Å²) >= 11 is 5.80. The van der Waals surface area contributed by atoms with E-state index in [1.54, 1.807) is 24.3 Å². The highest BCUT2D eigenvalue weighted by molar-refractivity contribution is 6.30. The molecule has 0 aromatic heterocycles. The van der Waals surface area contributed by atoms with Gasteiger partial charge >= 0.3 is 5.97 Å². The third kappa shape index (κ3) is 4.50. The summed E-state index contributed by atoms with van der Waals surface area (Å²) in [5, 5.41) is 10.0. The second-order valence-corrected chi connectivity index (χ2v) is 5.33. The molecule has 0 aliphatic heterocycles. The SMILES string of the molecule is Cc1ccc(C(CCOc2ccc(Cl)cc2)C(=O)O)cc1. The van der Waals surface area contributed by atoms with Crippen molar-refractivity contribution in [3.8, 4) is 5.75 Å². The fraction of sp³-hybridized carbons (Fsp3) is 0.235. The topological polar surface area (TPSA) is 46.5 Å². The Morgan fingerprint density at radius 2 is 1.76 bits per heavy atom. The number of aliphatic carboxylic acids is 1. The first-order valence-electron chi connectivity index (χ1n) is 6.74. The first kappa shape index (κ1) is 15.4. The molecule has 0 saturated carbocycles. The zero-order valence-corrected chi connectivity index (χ0v) is 12.5. The number of carboxylic acid groups (broad SMARTS) is 1. The van der Waals surface area contributed by atoms with E-state index >= 15 is 0 Å². The largest absolute Gasteiger partial charge is 0.494 e. The number of carbonyl (C=O) groups is 1. The van der Waals surface area contributed by atoms with Gasteiger partial charge in [-0.15, -0.1) is 0 Å². The number of ether oxygens (including phenoxy) is 1. The minimum Gasteiger partial charge on any atom is -0.494 e. The quantitative estimate of drug-likeness (QED) is 0.866. The van der Waals surface area contributed by atoms with Crippen LogP contribution in [0.3, 0.4) is 0 Å². The van der Waals surface area contributed by atoms with Crippen molar-refractivity contribution in [1.29, 1.82) is 0 Å². The molecule has 4 heteroatoms. The Morgan fingerprint density at radius 3 is 2.33 bits per heavy atom. The molecule has 0 bridgehead atoms.